The van der Waals surface area contributed by atoms with Crippen LogP contribution in [0.1, 0.15) is 239 Å². The average molecular weight is 919 g/mol. The van der Waals surface area contributed by atoms with E-state index in [1.807, 2.05) is 0 Å². The Kier molecular flexibility index (Phi) is 38.3. The SMILES string of the molecule is CCCCCCCCCCCCCCCCCCCC/C=C/CCCC(=O)OC[C@H](CO[C@H]1O[C@H](CS(=O)(=O)O)[C@@H](O)C(O)C1O)OC(=O)CCCCCCCCCCCCCC. The van der Waals surface area contributed by atoms with Crippen molar-refractivity contribution < 1.29 is 56.8 Å². The molecule has 0 aromatic heterocycles. The quantitative estimate of drug-likeness (QED) is 0.0196. The Labute approximate surface area is 384 Å². The van der Waals surface area contributed by atoms with E-state index < -0.39 is 71.2 Å². The second-order valence-electron chi connectivity index (χ2n) is 18.2. The van der Waals surface area contributed by atoms with Crippen LogP contribution in [0.3, 0.4) is 0 Å². The van der Waals surface area contributed by atoms with Gasteiger partial charge in [0.25, 0.3) is 10.1 Å². The summed E-state index contributed by atoms with van der Waals surface area (Å²) in [6.07, 6.45) is 35.6. The van der Waals surface area contributed by atoms with Crippen LogP contribution in [0, 0.1) is 0 Å². The largest absolute Gasteiger partial charge is 0.462 e. The second-order valence-corrected chi connectivity index (χ2v) is 19.7. The molecule has 0 amide bonds. The summed E-state index contributed by atoms with van der Waals surface area (Å²) >= 11 is 0. The molecule has 63 heavy (non-hydrogen) atoms. The van der Waals surface area contributed by atoms with Crippen molar-refractivity contribution >= 4 is 22.1 Å². The number of esters is 2. The number of carbonyl (C=O) groups excluding carboxylic acids is 2. The third-order valence-corrected chi connectivity index (χ3v) is 12.8. The lowest BCUT2D eigenvalue weighted by atomic mass is 10.00. The van der Waals surface area contributed by atoms with Crippen molar-refractivity contribution in [1.82, 2.24) is 0 Å². The van der Waals surface area contributed by atoms with Crippen LogP contribution in [0.2, 0.25) is 0 Å². The zero-order chi connectivity index (χ0) is 46.2. The van der Waals surface area contributed by atoms with Gasteiger partial charge >= 0.3 is 11.9 Å². The standard InChI is InChI=1S/C50H94O12S/c1-3-5-7-9-11-13-15-17-18-19-20-21-22-23-24-25-26-27-29-30-32-34-36-38-45(51)59-40-43(41-60-50-49(55)48(54)47(53)44(62-50)42-63(56,57)58)61-46(52)39-37-35-33-31-28-16-14-12-10-8-6-4-2/h30,32,43-44,47-50,53-55H,3-29,31,33-42H2,1-2H3,(H,56,57,58)/b32-30+/t43-,44-,47-,48?,49?,50+/m1/s1. The third-order valence-electron chi connectivity index (χ3n) is 12.1. The van der Waals surface area contributed by atoms with E-state index in [4.69, 9.17) is 18.9 Å². The summed E-state index contributed by atoms with van der Waals surface area (Å²) in [5.41, 5.74) is 0. The molecule has 0 aromatic rings. The highest BCUT2D eigenvalue weighted by Crippen LogP contribution is 2.24. The van der Waals surface area contributed by atoms with Crippen molar-refractivity contribution in [2.45, 2.75) is 275 Å². The van der Waals surface area contributed by atoms with Gasteiger partial charge in [-0.15, -0.1) is 0 Å². The summed E-state index contributed by atoms with van der Waals surface area (Å²) in [6, 6.07) is 0. The molecule has 0 aliphatic carbocycles. The molecule has 1 saturated heterocycles. The van der Waals surface area contributed by atoms with Gasteiger partial charge in [0, 0.05) is 12.8 Å². The Balaban J connectivity index is 2.32. The first kappa shape index (κ1) is 59.4. The van der Waals surface area contributed by atoms with Crippen molar-refractivity contribution in [2.24, 2.45) is 0 Å². The van der Waals surface area contributed by atoms with E-state index in [1.165, 1.54) is 167 Å². The molecule has 0 saturated carbocycles. The molecule has 1 aliphatic heterocycles. The maximum Gasteiger partial charge on any atom is 0.306 e. The van der Waals surface area contributed by atoms with Crippen molar-refractivity contribution in [3.63, 3.8) is 0 Å². The number of carbonyl (C=O) groups is 2. The fourth-order valence-corrected chi connectivity index (χ4v) is 8.79. The number of allylic oxidation sites excluding steroid dienone is 2. The molecule has 1 fully saturated rings. The Hall–Kier alpha value is -1.61. The molecule has 4 N–H and O–H groups in total. The van der Waals surface area contributed by atoms with E-state index in [1.54, 1.807) is 0 Å². The van der Waals surface area contributed by atoms with E-state index in [0.717, 1.165) is 32.1 Å². The van der Waals surface area contributed by atoms with Gasteiger partial charge in [0.2, 0.25) is 0 Å². The second kappa shape index (κ2) is 40.6. The summed E-state index contributed by atoms with van der Waals surface area (Å²) in [5.74, 6) is -2.01. The van der Waals surface area contributed by atoms with Crippen LogP contribution >= 0.6 is 0 Å². The van der Waals surface area contributed by atoms with Gasteiger partial charge in [0.05, 0.1) is 6.61 Å². The molecule has 2 unspecified atom stereocenters. The van der Waals surface area contributed by atoms with Crippen LogP contribution < -0.4 is 0 Å². The fraction of sp³-hybridized carbons (Fsp3) is 0.920. The molecule has 13 heteroatoms. The highest BCUT2D eigenvalue weighted by molar-refractivity contribution is 7.85. The lowest BCUT2D eigenvalue weighted by molar-refractivity contribution is -0.297. The van der Waals surface area contributed by atoms with E-state index in [9.17, 15) is 37.9 Å². The number of ether oxygens (including phenoxy) is 4. The summed E-state index contributed by atoms with van der Waals surface area (Å²) in [5, 5.41) is 30.9. The van der Waals surface area contributed by atoms with Crippen molar-refractivity contribution in [3.05, 3.63) is 12.2 Å². The Morgan fingerprint density at radius 2 is 0.921 bits per heavy atom. The van der Waals surface area contributed by atoms with Gasteiger partial charge in [-0.05, 0) is 32.1 Å². The van der Waals surface area contributed by atoms with E-state index in [0.29, 0.717) is 12.8 Å². The zero-order valence-corrected chi connectivity index (χ0v) is 40.8. The van der Waals surface area contributed by atoms with Crippen LogP contribution in [0.25, 0.3) is 0 Å². The van der Waals surface area contributed by atoms with E-state index in [-0.39, 0.29) is 19.4 Å². The summed E-state index contributed by atoms with van der Waals surface area (Å²) in [6.45, 7) is 3.76. The summed E-state index contributed by atoms with van der Waals surface area (Å²) in [7, 11) is -4.60. The molecule has 372 valence electrons. The highest BCUT2D eigenvalue weighted by atomic mass is 32.2. The molecular formula is C50H94O12S. The molecule has 1 heterocycles. The fourth-order valence-electron chi connectivity index (χ4n) is 8.09. The predicted octanol–water partition coefficient (Wildman–Crippen LogP) is 11.4. The Morgan fingerprint density at radius 3 is 1.37 bits per heavy atom. The Morgan fingerprint density at radius 1 is 0.524 bits per heavy atom. The van der Waals surface area contributed by atoms with E-state index >= 15 is 0 Å². The van der Waals surface area contributed by atoms with Gasteiger partial charge in [-0.2, -0.15) is 8.42 Å². The first-order valence-electron chi connectivity index (χ1n) is 25.7. The average Bonchev–Trinajstić information content (AvgIpc) is 3.25. The number of rotatable bonds is 44. The molecule has 6 atom stereocenters. The monoisotopic (exact) mass is 919 g/mol. The molecule has 0 radical (unpaired) electrons. The first-order valence-corrected chi connectivity index (χ1v) is 27.4. The van der Waals surface area contributed by atoms with Crippen molar-refractivity contribution in [1.29, 1.82) is 0 Å². The van der Waals surface area contributed by atoms with Gasteiger partial charge in [-0.3, -0.25) is 14.1 Å². The summed E-state index contributed by atoms with van der Waals surface area (Å²) in [4.78, 5) is 25.4. The molecule has 12 nitrogen and oxygen atoms in total. The van der Waals surface area contributed by atoms with E-state index in [2.05, 4.69) is 26.0 Å². The normalized spacial score (nSPS) is 19.7. The predicted molar refractivity (Wildman–Crippen MR) is 252 cm³/mol. The zero-order valence-electron chi connectivity index (χ0n) is 40.0. The van der Waals surface area contributed by atoms with Crippen LogP contribution in [-0.2, 0) is 38.7 Å². The van der Waals surface area contributed by atoms with Crippen LogP contribution in [0.5, 0.6) is 0 Å². The molecule has 0 aromatic carbocycles. The smallest absolute Gasteiger partial charge is 0.306 e. The molecule has 0 spiro atoms. The number of unbranched alkanes of at least 4 members (excludes halogenated alkanes) is 30. The molecule has 0 bridgehead atoms. The number of aliphatic hydroxyl groups excluding tert-OH is 3. The number of aliphatic hydroxyl groups is 3. The minimum absolute atomic E-state index is 0.164. The maximum absolute atomic E-state index is 12.8. The lowest BCUT2D eigenvalue weighted by Crippen LogP contribution is -2.60. The maximum atomic E-state index is 12.8. The third kappa shape index (κ3) is 35.3. The topological polar surface area (TPSA) is 186 Å². The van der Waals surface area contributed by atoms with Crippen LogP contribution in [-0.4, -0.2) is 96.0 Å². The van der Waals surface area contributed by atoms with Gasteiger partial charge in [-0.1, -0.05) is 206 Å². The Bertz CT molecular complexity index is 1210. The minimum Gasteiger partial charge on any atom is -0.462 e. The molecule has 1 aliphatic rings. The van der Waals surface area contributed by atoms with Gasteiger partial charge in [0.15, 0.2) is 12.4 Å². The molecular weight excluding hydrogens is 825 g/mol. The number of hydrogen-bond donors (Lipinski definition) is 4. The van der Waals surface area contributed by atoms with Crippen molar-refractivity contribution in [3.8, 4) is 0 Å². The van der Waals surface area contributed by atoms with Crippen LogP contribution in [0.15, 0.2) is 12.2 Å². The molecule has 1 rings (SSSR count). The number of hydrogen-bond acceptors (Lipinski definition) is 11. The minimum atomic E-state index is -4.60. The van der Waals surface area contributed by atoms with Crippen molar-refractivity contribution in [2.75, 3.05) is 19.0 Å². The van der Waals surface area contributed by atoms with Gasteiger partial charge < -0.3 is 34.3 Å². The first-order chi connectivity index (χ1) is 30.5. The summed E-state index contributed by atoms with van der Waals surface area (Å²) < 4.78 is 54.1. The van der Waals surface area contributed by atoms with Gasteiger partial charge in [0.1, 0.15) is 36.8 Å². The van der Waals surface area contributed by atoms with Crippen LogP contribution in [0.4, 0.5) is 0 Å². The highest BCUT2D eigenvalue weighted by Gasteiger charge is 2.46. The van der Waals surface area contributed by atoms with Gasteiger partial charge in [-0.25, -0.2) is 0 Å². The lowest BCUT2D eigenvalue weighted by Gasteiger charge is -2.40.